The minimum absolute atomic E-state index is 0.146. The van der Waals surface area contributed by atoms with Gasteiger partial charge in [-0.25, -0.2) is 0 Å². The molecule has 0 aliphatic heterocycles. The molecule has 0 unspecified atom stereocenters. The number of nitriles is 1. The van der Waals surface area contributed by atoms with Crippen molar-refractivity contribution < 1.29 is 0 Å². The molecule has 92 valence electrons. The molecule has 0 aromatic rings. The van der Waals surface area contributed by atoms with E-state index in [0.717, 1.165) is 31.8 Å². The molecular weight excluding hydrogens is 196 g/mol. The largest absolute Gasteiger partial charge is 0.317 e. The van der Waals surface area contributed by atoms with Crippen molar-refractivity contribution >= 4 is 0 Å². The maximum atomic E-state index is 8.87. The highest BCUT2D eigenvalue weighted by Gasteiger charge is 2.16. The van der Waals surface area contributed by atoms with Crippen LogP contribution in [0.4, 0.5) is 0 Å². The van der Waals surface area contributed by atoms with Crippen LogP contribution in [0.2, 0.25) is 0 Å². The van der Waals surface area contributed by atoms with Crippen molar-refractivity contribution in [1.82, 2.24) is 5.32 Å². The minimum Gasteiger partial charge on any atom is -0.317 e. The first-order chi connectivity index (χ1) is 7.64. The van der Waals surface area contributed by atoms with Crippen molar-refractivity contribution in [1.29, 1.82) is 5.26 Å². The van der Waals surface area contributed by atoms with Crippen molar-refractivity contribution in [2.24, 2.45) is 11.3 Å². The van der Waals surface area contributed by atoms with E-state index in [0.29, 0.717) is 0 Å². The van der Waals surface area contributed by atoms with Gasteiger partial charge >= 0.3 is 0 Å². The Balaban J connectivity index is 1.90. The van der Waals surface area contributed by atoms with E-state index in [4.69, 9.17) is 5.26 Å². The molecule has 1 saturated carbocycles. The van der Waals surface area contributed by atoms with Crippen LogP contribution in [-0.4, -0.2) is 13.1 Å². The van der Waals surface area contributed by atoms with E-state index in [2.05, 4.69) is 11.4 Å². The summed E-state index contributed by atoms with van der Waals surface area (Å²) in [5.74, 6) is 0.989. The van der Waals surface area contributed by atoms with Crippen LogP contribution < -0.4 is 5.32 Å². The summed E-state index contributed by atoms with van der Waals surface area (Å²) in [5, 5.41) is 12.4. The van der Waals surface area contributed by atoms with E-state index in [1.165, 1.54) is 32.1 Å². The van der Waals surface area contributed by atoms with Gasteiger partial charge in [0.25, 0.3) is 0 Å². The van der Waals surface area contributed by atoms with Gasteiger partial charge in [0.05, 0.1) is 11.5 Å². The number of hydrogen-bond donors (Lipinski definition) is 1. The molecule has 0 spiro atoms. The highest BCUT2D eigenvalue weighted by Crippen LogP contribution is 2.26. The molecule has 0 aromatic heterocycles. The SMILES string of the molecule is CC(C)(C#N)CCCNCCC1CCCC1. The molecule has 0 atom stereocenters. The molecule has 0 saturated heterocycles. The van der Waals surface area contributed by atoms with Crippen LogP contribution in [0.1, 0.15) is 58.8 Å². The zero-order valence-corrected chi connectivity index (χ0v) is 10.9. The summed E-state index contributed by atoms with van der Waals surface area (Å²) in [5.41, 5.74) is -0.146. The number of rotatable bonds is 7. The van der Waals surface area contributed by atoms with Gasteiger partial charge < -0.3 is 5.32 Å². The van der Waals surface area contributed by atoms with Crippen LogP contribution >= 0.6 is 0 Å². The van der Waals surface area contributed by atoms with Crippen molar-refractivity contribution in [3.05, 3.63) is 0 Å². The predicted molar refractivity (Wildman–Crippen MR) is 68.1 cm³/mol. The summed E-state index contributed by atoms with van der Waals surface area (Å²) in [6.07, 6.45) is 9.25. The zero-order valence-electron chi connectivity index (χ0n) is 10.9. The summed E-state index contributed by atoms with van der Waals surface area (Å²) in [6.45, 7) is 6.27. The smallest absolute Gasteiger partial charge is 0.0683 e. The maximum absolute atomic E-state index is 8.87. The predicted octanol–water partition coefficient (Wildman–Crippen LogP) is 3.49. The van der Waals surface area contributed by atoms with E-state index in [9.17, 15) is 0 Å². The van der Waals surface area contributed by atoms with Crippen molar-refractivity contribution in [2.75, 3.05) is 13.1 Å². The van der Waals surface area contributed by atoms with Crippen LogP contribution in [0, 0.1) is 22.7 Å². The summed E-state index contributed by atoms with van der Waals surface area (Å²) >= 11 is 0. The second kappa shape index (κ2) is 6.91. The van der Waals surface area contributed by atoms with Crippen LogP contribution in [0.3, 0.4) is 0 Å². The van der Waals surface area contributed by atoms with Crippen LogP contribution in [0.25, 0.3) is 0 Å². The molecule has 1 aliphatic carbocycles. The fraction of sp³-hybridized carbons (Fsp3) is 0.929. The molecule has 0 amide bonds. The molecule has 1 N–H and O–H groups in total. The maximum Gasteiger partial charge on any atom is 0.0683 e. The van der Waals surface area contributed by atoms with Gasteiger partial charge in [0, 0.05) is 0 Å². The Morgan fingerprint density at radius 1 is 1.25 bits per heavy atom. The average molecular weight is 222 g/mol. The number of nitrogens with one attached hydrogen (secondary N) is 1. The molecule has 2 heteroatoms. The highest BCUT2D eigenvalue weighted by atomic mass is 14.8. The molecule has 1 fully saturated rings. The Bertz CT molecular complexity index is 221. The van der Waals surface area contributed by atoms with E-state index in [1.807, 2.05) is 13.8 Å². The topological polar surface area (TPSA) is 35.8 Å². The molecule has 0 bridgehead atoms. The van der Waals surface area contributed by atoms with Crippen LogP contribution in [0.15, 0.2) is 0 Å². The van der Waals surface area contributed by atoms with Gasteiger partial charge in [-0.1, -0.05) is 25.7 Å². The lowest BCUT2D eigenvalue weighted by atomic mass is 9.90. The van der Waals surface area contributed by atoms with Crippen molar-refractivity contribution in [3.63, 3.8) is 0 Å². The van der Waals surface area contributed by atoms with Gasteiger partial charge in [-0.2, -0.15) is 5.26 Å². The Morgan fingerprint density at radius 3 is 2.56 bits per heavy atom. The van der Waals surface area contributed by atoms with Gasteiger partial charge in [-0.05, 0) is 52.1 Å². The van der Waals surface area contributed by atoms with Gasteiger partial charge in [0.15, 0.2) is 0 Å². The molecule has 1 aliphatic rings. The van der Waals surface area contributed by atoms with E-state index >= 15 is 0 Å². The van der Waals surface area contributed by atoms with Crippen molar-refractivity contribution in [3.8, 4) is 6.07 Å². The normalized spacial score (nSPS) is 17.6. The Kier molecular flexibility index (Phi) is 5.84. The van der Waals surface area contributed by atoms with E-state index < -0.39 is 0 Å². The van der Waals surface area contributed by atoms with Crippen LogP contribution in [0.5, 0.6) is 0 Å². The third-order valence-electron chi connectivity index (χ3n) is 3.66. The first kappa shape index (κ1) is 13.5. The third-order valence-corrected chi connectivity index (χ3v) is 3.66. The molecule has 1 rings (SSSR count). The summed E-state index contributed by atoms with van der Waals surface area (Å²) in [7, 11) is 0. The fourth-order valence-electron chi connectivity index (χ4n) is 2.44. The summed E-state index contributed by atoms with van der Waals surface area (Å²) in [4.78, 5) is 0. The molecule has 0 heterocycles. The first-order valence-electron chi connectivity index (χ1n) is 6.76. The monoisotopic (exact) mass is 222 g/mol. The van der Waals surface area contributed by atoms with Gasteiger partial charge in [-0.3, -0.25) is 0 Å². The highest BCUT2D eigenvalue weighted by molar-refractivity contribution is 4.91. The lowest BCUT2D eigenvalue weighted by Crippen LogP contribution is -2.20. The van der Waals surface area contributed by atoms with Crippen LogP contribution in [-0.2, 0) is 0 Å². The number of hydrogen-bond acceptors (Lipinski definition) is 2. The van der Waals surface area contributed by atoms with Gasteiger partial charge in [0.2, 0.25) is 0 Å². The molecule has 2 nitrogen and oxygen atoms in total. The number of nitrogens with zero attached hydrogens (tertiary/aromatic N) is 1. The lowest BCUT2D eigenvalue weighted by molar-refractivity contribution is 0.417. The molecule has 16 heavy (non-hydrogen) atoms. The molecule has 0 aromatic carbocycles. The fourth-order valence-corrected chi connectivity index (χ4v) is 2.44. The Hall–Kier alpha value is -0.550. The second-order valence-electron chi connectivity index (χ2n) is 5.79. The lowest BCUT2D eigenvalue weighted by Gasteiger charge is -2.15. The summed E-state index contributed by atoms with van der Waals surface area (Å²) in [6, 6.07) is 2.35. The first-order valence-corrected chi connectivity index (χ1v) is 6.76. The quantitative estimate of drug-likeness (QED) is 0.669. The van der Waals surface area contributed by atoms with Gasteiger partial charge in [0.1, 0.15) is 0 Å². The molecule has 0 radical (unpaired) electrons. The molecular formula is C14H26N2. The van der Waals surface area contributed by atoms with Crippen molar-refractivity contribution in [2.45, 2.75) is 58.8 Å². The summed E-state index contributed by atoms with van der Waals surface area (Å²) < 4.78 is 0. The Morgan fingerprint density at radius 2 is 1.94 bits per heavy atom. The van der Waals surface area contributed by atoms with E-state index in [1.54, 1.807) is 0 Å². The Labute approximate surface area is 100 Å². The second-order valence-corrected chi connectivity index (χ2v) is 5.79. The zero-order chi connectivity index (χ0) is 11.9. The minimum atomic E-state index is -0.146. The van der Waals surface area contributed by atoms with E-state index in [-0.39, 0.29) is 5.41 Å². The average Bonchev–Trinajstić information content (AvgIpc) is 2.76. The van der Waals surface area contributed by atoms with Gasteiger partial charge in [-0.15, -0.1) is 0 Å². The standard InChI is InChI=1S/C14H26N2/c1-14(2,12-15)9-5-10-16-11-8-13-6-3-4-7-13/h13,16H,3-11H2,1-2H3. The third kappa shape index (κ3) is 5.51.